The first-order valence-corrected chi connectivity index (χ1v) is 5.62. The van der Waals surface area contributed by atoms with E-state index in [1.165, 1.54) is 0 Å². The lowest BCUT2D eigenvalue weighted by Gasteiger charge is -2.12. The fraction of sp³-hybridized carbons (Fsp3) is 0.692. The van der Waals surface area contributed by atoms with Crippen LogP contribution in [0.15, 0.2) is 24.3 Å². The van der Waals surface area contributed by atoms with Crippen LogP contribution in [0.1, 0.15) is 46.5 Å². The number of hydrogen-bond acceptors (Lipinski definition) is 1. The molecule has 0 radical (unpaired) electrons. The van der Waals surface area contributed by atoms with Gasteiger partial charge in [0.25, 0.3) is 0 Å². The third kappa shape index (κ3) is 8.06. The van der Waals surface area contributed by atoms with Crippen molar-refractivity contribution in [3.63, 3.8) is 0 Å². The smallest absolute Gasteiger partial charge is 0.0566 e. The van der Waals surface area contributed by atoms with E-state index in [1.807, 2.05) is 6.92 Å². The molecule has 0 aliphatic rings. The molecule has 0 spiro atoms. The van der Waals surface area contributed by atoms with Gasteiger partial charge in [0.1, 0.15) is 0 Å². The second kappa shape index (κ2) is 9.01. The van der Waals surface area contributed by atoms with Crippen molar-refractivity contribution in [2.24, 2.45) is 5.92 Å². The first-order valence-electron chi connectivity index (χ1n) is 5.62. The molecule has 0 fully saturated rings. The molecule has 1 heteroatoms. The van der Waals surface area contributed by atoms with E-state index in [9.17, 15) is 5.11 Å². The van der Waals surface area contributed by atoms with E-state index in [0.29, 0.717) is 5.92 Å². The van der Waals surface area contributed by atoms with E-state index >= 15 is 0 Å². The van der Waals surface area contributed by atoms with E-state index in [-0.39, 0.29) is 6.10 Å². The van der Waals surface area contributed by atoms with Crippen LogP contribution in [-0.4, -0.2) is 11.2 Å². The van der Waals surface area contributed by atoms with Crippen molar-refractivity contribution in [1.29, 1.82) is 0 Å². The van der Waals surface area contributed by atoms with Gasteiger partial charge in [0.05, 0.1) is 6.10 Å². The number of aliphatic hydroxyl groups is 1. The van der Waals surface area contributed by atoms with Gasteiger partial charge in [-0.15, -0.1) is 0 Å². The maximum absolute atomic E-state index is 9.52. The zero-order valence-electron chi connectivity index (χ0n) is 9.74. The lowest BCUT2D eigenvalue weighted by molar-refractivity contribution is 0.117. The first-order chi connectivity index (χ1) is 6.68. The number of rotatable bonds is 7. The van der Waals surface area contributed by atoms with Gasteiger partial charge in [0, 0.05) is 0 Å². The fourth-order valence-corrected chi connectivity index (χ4v) is 1.20. The summed E-state index contributed by atoms with van der Waals surface area (Å²) in [4.78, 5) is 0. The molecule has 0 saturated heterocycles. The summed E-state index contributed by atoms with van der Waals surface area (Å²) in [5.74, 6) is 0.381. The lowest BCUT2D eigenvalue weighted by Crippen LogP contribution is -2.13. The van der Waals surface area contributed by atoms with Crippen LogP contribution in [0.3, 0.4) is 0 Å². The van der Waals surface area contributed by atoms with Gasteiger partial charge >= 0.3 is 0 Å². The third-order valence-corrected chi connectivity index (χ3v) is 2.30. The highest BCUT2D eigenvalue weighted by Crippen LogP contribution is 2.08. The normalized spacial score (nSPS) is 14.6. The third-order valence-electron chi connectivity index (χ3n) is 2.30. The zero-order chi connectivity index (χ0) is 10.8. The average molecular weight is 196 g/mol. The van der Waals surface area contributed by atoms with E-state index in [0.717, 1.165) is 25.7 Å². The van der Waals surface area contributed by atoms with Gasteiger partial charge < -0.3 is 5.11 Å². The minimum Gasteiger partial charge on any atom is -0.393 e. The van der Waals surface area contributed by atoms with Gasteiger partial charge in [-0.3, -0.25) is 0 Å². The minimum absolute atomic E-state index is 0.143. The molecule has 1 nitrogen and oxygen atoms in total. The van der Waals surface area contributed by atoms with Crippen LogP contribution in [-0.2, 0) is 0 Å². The summed E-state index contributed by atoms with van der Waals surface area (Å²) in [6, 6.07) is 0. The second-order valence-corrected chi connectivity index (χ2v) is 4.01. The highest BCUT2D eigenvalue weighted by Gasteiger charge is 2.06. The highest BCUT2D eigenvalue weighted by atomic mass is 16.3. The molecule has 1 unspecified atom stereocenters. The molecule has 82 valence electrons. The van der Waals surface area contributed by atoms with Crippen LogP contribution in [0.2, 0.25) is 0 Å². The SMILES string of the molecule is C/C=C\CC/C=C\CCC(O)C(C)C. The first kappa shape index (κ1) is 13.4. The molecule has 1 atom stereocenters. The van der Waals surface area contributed by atoms with Crippen molar-refractivity contribution in [1.82, 2.24) is 0 Å². The van der Waals surface area contributed by atoms with Gasteiger partial charge in [-0.1, -0.05) is 38.2 Å². The van der Waals surface area contributed by atoms with Crippen molar-refractivity contribution in [2.75, 3.05) is 0 Å². The number of aliphatic hydroxyl groups excluding tert-OH is 1. The van der Waals surface area contributed by atoms with Crippen molar-refractivity contribution in [3.05, 3.63) is 24.3 Å². The Morgan fingerprint density at radius 2 is 1.57 bits per heavy atom. The molecule has 0 aromatic rings. The van der Waals surface area contributed by atoms with Crippen molar-refractivity contribution >= 4 is 0 Å². The summed E-state index contributed by atoms with van der Waals surface area (Å²) in [5.41, 5.74) is 0. The Hall–Kier alpha value is -0.560. The molecule has 14 heavy (non-hydrogen) atoms. The Kier molecular flexibility index (Phi) is 8.65. The Morgan fingerprint density at radius 1 is 1.00 bits per heavy atom. The minimum atomic E-state index is -0.143. The standard InChI is InChI=1S/C13H24O/c1-4-5-6-7-8-9-10-11-13(14)12(2)3/h4-5,8-9,12-14H,6-7,10-11H2,1-3H3/b5-4-,9-8-. The number of allylic oxidation sites excluding steroid dienone is 4. The highest BCUT2D eigenvalue weighted by molar-refractivity contribution is 4.87. The maximum Gasteiger partial charge on any atom is 0.0566 e. The predicted octanol–water partition coefficient (Wildman–Crippen LogP) is 3.70. The van der Waals surface area contributed by atoms with Crippen LogP contribution in [0, 0.1) is 5.92 Å². The second-order valence-electron chi connectivity index (χ2n) is 4.01. The summed E-state index contributed by atoms with van der Waals surface area (Å²) in [6.07, 6.45) is 12.6. The molecule has 0 aliphatic heterocycles. The quantitative estimate of drug-likeness (QED) is 0.486. The van der Waals surface area contributed by atoms with E-state index in [2.05, 4.69) is 38.2 Å². The Bertz CT molecular complexity index is 168. The van der Waals surface area contributed by atoms with Gasteiger partial charge in [0.15, 0.2) is 0 Å². The topological polar surface area (TPSA) is 20.2 Å². The summed E-state index contributed by atoms with van der Waals surface area (Å²) < 4.78 is 0. The molecule has 0 heterocycles. The molecule has 0 amide bonds. The Morgan fingerprint density at radius 3 is 2.14 bits per heavy atom. The Labute approximate surface area is 88.5 Å². The Balaban J connectivity index is 3.35. The van der Waals surface area contributed by atoms with Gasteiger partial charge in [-0.25, -0.2) is 0 Å². The van der Waals surface area contributed by atoms with Crippen LogP contribution in [0.25, 0.3) is 0 Å². The molecular formula is C13H24O. The van der Waals surface area contributed by atoms with Crippen LogP contribution < -0.4 is 0 Å². The van der Waals surface area contributed by atoms with Crippen LogP contribution in [0.5, 0.6) is 0 Å². The largest absolute Gasteiger partial charge is 0.393 e. The summed E-state index contributed by atoms with van der Waals surface area (Å²) in [5, 5.41) is 9.52. The van der Waals surface area contributed by atoms with Crippen molar-refractivity contribution in [2.45, 2.75) is 52.6 Å². The molecule has 0 saturated carbocycles. The lowest BCUT2D eigenvalue weighted by atomic mass is 10.0. The van der Waals surface area contributed by atoms with E-state index in [1.54, 1.807) is 0 Å². The molecule has 0 aliphatic carbocycles. The monoisotopic (exact) mass is 196 g/mol. The number of hydrogen-bond donors (Lipinski definition) is 1. The molecule has 0 bridgehead atoms. The van der Waals surface area contributed by atoms with Crippen LogP contribution >= 0.6 is 0 Å². The van der Waals surface area contributed by atoms with Gasteiger partial charge in [0.2, 0.25) is 0 Å². The van der Waals surface area contributed by atoms with Crippen molar-refractivity contribution in [3.8, 4) is 0 Å². The van der Waals surface area contributed by atoms with E-state index in [4.69, 9.17) is 0 Å². The van der Waals surface area contributed by atoms with Gasteiger partial charge in [-0.2, -0.15) is 0 Å². The summed E-state index contributed by atoms with van der Waals surface area (Å²) in [6.45, 7) is 6.16. The zero-order valence-corrected chi connectivity index (χ0v) is 9.74. The predicted molar refractivity (Wildman–Crippen MR) is 63.3 cm³/mol. The molecular weight excluding hydrogens is 172 g/mol. The van der Waals surface area contributed by atoms with E-state index < -0.39 is 0 Å². The van der Waals surface area contributed by atoms with Crippen molar-refractivity contribution < 1.29 is 5.11 Å². The van der Waals surface area contributed by atoms with Crippen LogP contribution in [0.4, 0.5) is 0 Å². The summed E-state index contributed by atoms with van der Waals surface area (Å²) in [7, 11) is 0. The summed E-state index contributed by atoms with van der Waals surface area (Å²) >= 11 is 0. The average Bonchev–Trinajstić information content (AvgIpc) is 2.16. The molecule has 0 rings (SSSR count). The van der Waals surface area contributed by atoms with Gasteiger partial charge in [-0.05, 0) is 38.5 Å². The fourth-order valence-electron chi connectivity index (χ4n) is 1.20. The molecule has 0 aromatic carbocycles. The molecule has 0 aromatic heterocycles. The number of unbranched alkanes of at least 4 members (excludes halogenated alkanes) is 1. The maximum atomic E-state index is 9.52. The molecule has 1 N–H and O–H groups in total.